The molecule has 1 aromatic rings. The van der Waals surface area contributed by atoms with Gasteiger partial charge in [-0.25, -0.2) is 0 Å². The fourth-order valence-electron chi connectivity index (χ4n) is 2.69. The molecular weight excluding hydrogens is 278 g/mol. The Balaban J connectivity index is 2.23. The molecule has 0 aromatic heterocycles. The maximum Gasteiger partial charge on any atom is 0.308 e. The van der Waals surface area contributed by atoms with Gasteiger partial charge in [-0.05, 0) is 37.0 Å². The van der Waals surface area contributed by atoms with Crippen molar-refractivity contribution in [3.8, 4) is 0 Å². The second-order valence-electron chi connectivity index (χ2n) is 5.55. The fraction of sp³-hybridized carbons (Fsp3) is 0.467. The molecule has 1 aliphatic heterocycles. The zero-order valence-corrected chi connectivity index (χ0v) is 12.4. The lowest BCUT2D eigenvalue weighted by Crippen LogP contribution is -2.45. The lowest BCUT2D eigenvalue weighted by atomic mass is 9.90. The third-order valence-corrected chi connectivity index (χ3v) is 3.96. The third kappa shape index (κ3) is 3.12. The van der Waals surface area contributed by atoms with Crippen LogP contribution in [-0.4, -0.2) is 35.0 Å². The highest BCUT2D eigenvalue weighted by Gasteiger charge is 2.32. The molecule has 1 N–H and O–H groups in total. The van der Waals surface area contributed by atoms with Crippen LogP contribution in [0.3, 0.4) is 0 Å². The molecule has 2 atom stereocenters. The fourth-order valence-corrected chi connectivity index (χ4v) is 2.86. The van der Waals surface area contributed by atoms with Gasteiger partial charge in [-0.2, -0.15) is 0 Å². The molecule has 4 nitrogen and oxygen atoms in total. The van der Waals surface area contributed by atoms with Crippen LogP contribution in [0.15, 0.2) is 18.2 Å². The van der Waals surface area contributed by atoms with Crippen LogP contribution >= 0.6 is 11.6 Å². The highest BCUT2D eigenvalue weighted by molar-refractivity contribution is 6.31. The van der Waals surface area contributed by atoms with E-state index in [1.165, 1.54) is 0 Å². The number of likely N-dealkylation sites (tertiary alicyclic amines) is 1. The number of benzene rings is 1. The first-order chi connectivity index (χ1) is 9.38. The maximum atomic E-state index is 12.6. The lowest BCUT2D eigenvalue weighted by molar-refractivity contribution is -0.143. The van der Waals surface area contributed by atoms with Crippen LogP contribution in [0.25, 0.3) is 0 Å². The highest BCUT2D eigenvalue weighted by Crippen LogP contribution is 2.25. The second-order valence-corrected chi connectivity index (χ2v) is 5.98. The summed E-state index contributed by atoms with van der Waals surface area (Å²) in [6.45, 7) is 4.69. The third-order valence-electron chi connectivity index (χ3n) is 3.73. The molecule has 0 saturated carbocycles. The molecule has 2 unspecified atom stereocenters. The number of carboxylic acid groups (broad SMARTS) is 1. The first-order valence-corrected chi connectivity index (χ1v) is 7.04. The first-order valence-electron chi connectivity index (χ1n) is 6.66. The number of halogens is 1. The molecule has 5 heteroatoms. The average Bonchev–Trinajstić information content (AvgIpc) is 2.40. The van der Waals surface area contributed by atoms with Crippen LogP contribution in [0.1, 0.15) is 29.3 Å². The van der Waals surface area contributed by atoms with Gasteiger partial charge in [-0.15, -0.1) is 0 Å². The van der Waals surface area contributed by atoms with E-state index in [9.17, 15) is 9.59 Å². The number of piperidine rings is 1. The number of rotatable bonds is 2. The van der Waals surface area contributed by atoms with Crippen molar-refractivity contribution >= 4 is 23.5 Å². The molecule has 0 spiro atoms. The van der Waals surface area contributed by atoms with Gasteiger partial charge in [0.15, 0.2) is 0 Å². The number of hydrogen-bond acceptors (Lipinski definition) is 2. The van der Waals surface area contributed by atoms with Crippen LogP contribution in [0.5, 0.6) is 0 Å². The number of carbonyl (C=O) groups excluding carboxylic acids is 1. The average molecular weight is 296 g/mol. The maximum absolute atomic E-state index is 12.6. The summed E-state index contributed by atoms with van der Waals surface area (Å²) in [6.07, 6.45) is 0.619. The Morgan fingerprint density at radius 3 is 2.70 bits per heavy atom. The highest BCUT2D eigenvalue weighted by atomic mass is 35.5. The van der Waals surface area contributed by atoms with Gasteiger partial charge in [0, 0.05) is 23.7 Å². The predicted octanol–water partition coefficient (Wildman–Crippen LogP) is 2.83. The van der Waals surface area contributed by atoms with Crippen molar-refractivity contribution in [1.29, 1.82) is 0 Å². The van der Waals surface area contributed by atoms with Gasteiger partial charge in [0.1, 0.15) is 0 Å². The molecule has 2 rings (SSSR count). The van der Waals surface area contributed by atoms with E-state index in [4.69, 9.17) is 16.7 Å². The Morgan fingerprint density at radius 1 is 1.35 bits per heavy atom. The minimum absolute atomic E-state index is 0.136. The van der Waals surface area contributed by atoms with Gasteiger partial charge in [-0.3, -0.25) is 9.59 Å². The van der Waals surface area contributed by atoms with E-state index in [2.05, 4.69) is 0 Å². The molecule has 1 fully saturated rings. The van der Waals surface area contributed by atoms with E-state index in [1.54, 1.807) is 23.1 Å². The van der Waals surface area contributed by atoms with Gasteiger partial charge in [0.25, 0.3) is 5.91 Å². The van der Waals surface area contributed by atoms with Gasteiger partial charge >= 0.3 is 5.97 Å². The normalized spacial score (nSPS) is 22.6. The second kappa shape index (κ2) is 5.83. The summed E-state index contributed by atoms with van der Waals surface area (Å²) in [7, 11) is 0. The van der Waals surface area contributed by atoms with Crippen molar-refractivity contribution in [2.24, 2.45) is 11.8 Å². The van der Waals surface area contributed by atoms with Gasteiger partial charge < -0.3 is 10.0 Å². The van der Waals surface area contributed by atoms with Crippen LogP contribution < -0.4 is 0 Å². The molecule has 20 heavy (non-hydrogen) atoms. The van der Waals surface area contributed by atoms with Crippen molar-refractivity contribution in [1.82, 2.24) is 4.90 Å². The molecule has 0 aliphatic carbocycles. The van der Waals surface area contributed by atoms with Crippen LogP contribution in [0.4, 0.5) is 0 Å². The minimum atomic E-state index is -0.836. The summed E-state index contributed by atoms with van der Waals surface area (Å²) >= 11 is 5.94. The van der Waals surface area contributed by atoms with Crippen LogP contribution in [0.2, 0.25) is 5.02 Å². The number of hydrogen-bond donors (Lipinski definition) is 1. The van der Waals surface area contributed by atoms with E-state index in [0.29, 0.717) is 23.6 Å². The molecule has 1 aliphatic rings. The summed E-state index contributed by atoms with van der Waals surface area (Å²) < 4.78 is 0. The predicted molar refractivity (Wildman–Crippen MR) is 77.0 cm³/mol. The molecular formula is C15H18ClNO3. The number of nitrogens with zero attached hydrogens (tertiary/aromatic N) is 1. The topological polar surface area (TPSA) is 57.6 Å². The van der Waals surface area contributed by atoms with E-state index >= 15 is 0 Å². The Morgan fingerprint density at radius 2 is 2.05 bits per heavy atom. The molecule has 1 amide bonds. The standard InChI is InChI=1S/C15H18ClNO3/c1-9-5-11(15(19)20)8-17(7-9)14(18)13-6-12(16)4-3-10(13)2/h3-4,6,9,11H,5,7-8H2,1-2H3,(H,19,20). The number of aryl methyl sites for hydroxylation is 1. The molecule has 1 aromatic carbocycles. The quantitative estimate of drug-likeness (QED) is 0.913. The summed E-state index contributed by atoms with van der Waals surface area (Å²) in [6, 6.07) is 5.19. The van der Waals surface area contributed by atoms with E-state index in [1.807, 2.05) is 13.8 Å². The van der Waals surface area contributed by atoms with Crippen molar-refractivity contribution in [3.63, 3.8) is 0 Å². The van der Waals surface area contributed by atoms with Crippen LogP contribution in [-0.2, 0) is 4.79 Å². The van der Waals surface area contributed by atoms with Gasteiger partial charge in [-0.1, -0.05) is 24.6 Å². The monoisotopic (exact) mass is 295 g/mol. The first kappa shape index (κ1) is 14.9. The Kier molecular flexibility index (Phi) is 4.33. The Bertz CT molecular complexity index is 544. The van der Waals surface area contributed by atoms with Crippen molar-refractivity contribution in [2.45, 2.75) is 20.3 Å². The molecule has 1 heterocycles. The zero-order chi connectivity index (χ0) is 14.9. The number of aliphatic carboxylic acids is 1. The van der Waals surface area contributed by atoms with Gasteiger partial charge in [0.05, 0.1) is 5.92 Å². The van der Waals surface area contributed by atoms with Gasteiger partial charge in [0.2, 0.25) is 0 Å². The number of amides is 1. The molecule has 0 radical (unpaired) electrons. The summed E-state index contributed by atoms with van der Waals surface area (Å²) in [5.74, 6) is -1.27. The summed E-state index contributed by atoms with van der Waals surface area (Å²) in [4.78, 5) is 25.4. The SMILES string of the molecule is Cc1ccc(Cl)cc1C(=O)N1CC(C)CC(C(=O)O)C1. The number of carbonyl (C=O) groups is 2. The smallest absolute Gasteiger partial charge is 0.308 e. The van der Waals surface area contributed by atoms with E-state index in [0.717, 1.165) is 5.56 Å². The minimum Gasteiger partial charge on any atom is -0.481 e. The Hall–Kier alpha value is -1.55. The Labute approximate surface area is 123 Å². The lowest BCUT2D eigenvalue weighted by Gasteiger charge is -2.35. The van der Waals surface area contributed by atoms with Crippen LogP contribution in [0, 0.1) is 18.8 Å². The van der Waals surface area contributed by atoms with Crippen molar-refractivity contribution in [3.05, 3.63) is 34.3 Å². The molecule has 108 valence electrons. The summed E-state index contributed by atoms with van der Waals surface area (Å²) in [5.41, 5.74) is 1.40. The molecule has 1 saturated heterocycles. The summed E-state index contributed by atoms with van der Waals surface area (Å²) in [5, 5.41) is 9.68. The molecule has 0 bridgehead atoms. The zero-order valence-electron chi connectivity index (χ0n) is 11.6. The van der Waals surface area contributed by atoms with E-state index < -0.39 is 11.9 Å². The van der Waals surface area contributed by atoms with Crippen molar-refractivity contribution < 1.29 is 14.7 Å². The van der Waals surface area contributed by atoms with E-state index in [-0.39, 0.29) is 18.4 Å². The number of carboxylic acids is 1. The van der Waals surface area contributed by atoms with Crippen molar-refractivity contribution in [2.75, 3.05) is 13.1 Å². The largest absolute Gasteiger partial charge is 0.481 e.